The van der Waals surface area contributed by atoms with E-state index in [1.165, 1.54) is 0 Å². The second-order valence-corrected chi connectivity index (χ2v) is 7.74. The van der Waals surface area contributed by atoms with E-state index < -0.39 is 0 Å². The maximum atomic E-state index is 12.3. The molecule has 0 saturated heterocycles. The molecule has 0 unspecified atom stereocenters. The molecule has 0 aliphatic rings. The zero-order valence-electron chi connectivity index (χ0n) is 18.3. The fourth-order valence-corrected chi connectivity index (χ4v) is 3.77. The quantitative estimate of drug-likeness (QED) is 0.315. The van der Waals surface area contributed by atoms with Gasteiger partial charge >= 0.3 is 5.97 Å². The number of carbonyl (C=O) groups is 1. The number of hydrogen-bond donors (Lipinski definition) is 0. The Hall–Kier alpha value is -4.19. The number of imidazole rings is 1. The second kappa shape index (κ2) is 9.12. The highest BCUT2D eigenvalue weighted by Crippen LogP contribution is 2.29. The number of esters is 1. The molecule has 2 aromatic carbocycles. The summed E-state index contributed by atoms with van der Waals surface area (Å²) in [6.45, 7) is 1.77. The Bertz CT molecular complexity index is 1370. The molecule has 5 aromatic rings. The highest BCUT2D eigenvalue weighted by Gasteiger charge is 2.22. The number of rotatable bonds is 7. The first kappa shape index (κ1) is 20.7. The molecular weight excluding hydrogens is 414 g/mol. The normalized spacial score (nSPS) is 11.1. The molecule has 33 heavy (non-hydrogen) atoms. The van der Waals surface area contributed by atoms with Crippen LogP contribution in [0.2, 0.25) is 0 Å². The first-order chi connectivity index (χ1) is 16.2. The molecule has 6 nitrogen and oxygen atoms in total. The number of nitrogens with zero attached hydrogens (tertiary/aromatic N) is 3. The van der Waals surface area contributed by atoms with Gasteiger partial charge in [-0.2, -0.15) is 0 Å². The molecule has 0 aliphatic carbocycles. The van der Waals surface area contributed by atoms with Gasteiger partial charge in [0.15, 0.2) is 5.65 Å². The third-order valence-corrected chi connectivity index (χ3v) is 5.40. The molecule has 0 fully saturated rings. The SMILES string of the molecule is CCC(=O)Oc1c(Cc2ccco2)nc2c(Cc3ccccc3)nc(-c3ccccc3)cn12. The van der Waals surface area contributed by atoms with E-state index in [0.29, 0.717) is 30.1 Å². The Morgan fingerprint density at radius 2 is 1.67 bits per heavy atom. The maximum absolute atomic E-state index is 12.3. The number of hydrogen-bond acceptors (Lipinski definition) is 5. The molecule has 0 bridgehead atoms. The smallest absolute Gasteiger partial charge is 0.312 e. The van der Waals surface area contributed by atoms with Crippen molar-refractivity contribution in [1.29, 1.82) is 0 Å². The van der Waals surface area contributed by atoms with Gasteiger partial charge in [-0.25, -0.2) is 9.97 Å². The van der Waals surface area contributed by atoms with Crippen LogP contribution in [0.4, 0.5) is 0 Å². The van der Waals surface area contributed by atoms with Gasteiger partial charge in [0.05, 0.1) is 24.1 Å². The van der Waals surface area contributed by atoms with Crippen LogP contribution in [-0.4, -0.2) is 20.3 Å². The van der Waals surface area contributed by atoms with Gasteiger partial charge in [-0.3, -0.25) is 9.20 Å². The van der Waals surface area contributed by atoms with E-state index >= 15 is 0 Å². The van der Waals surface area contributed by atoms with Crippen molar-refractivity contribution in [1.82, 2.24) is 14.4 Å². The fraction of sp³-hybridized carbons (Fsp3) is 0.148. The third kappa shape index (κ3) is 4.41. The Morgan fingerprint density at radius 1 is 0.909 bits per heavy atom. The summed E-state index contributed by atoms with van der Waals surface area (Å²) in [6.07, 6.45) is 4.78. The van der Waals surface area contributed by atoms with Gasteiger partial charge in [-0.1, -0.05) is 67.6 Å². The number of fused-ring (bicyclic) bond motifs is 1. The molecule has 0 atom stereocenters. The van der Waals surface area contributed by atoms with Crippen LogP contribution < -0.4 is 4.74 Å². The van der Waals surface area contributed by atoms with E-state index in [9.17, 15) is 4.79 Å². The Kier molecular flexibility index (Phi) is 5.72. The van der Waals surface area contributed by atoms with Crippen LogP contribution in [0.5, 0.6) is 5.88 Å². The molecule has 6 heteroatoms. The average molecular weight is 437 g/mol. The monoisotopic (exact) mass is 437 g/mol. The summed E-state index contributed by atoms with van der Waals surface area (Å²) in [5.74, 6) is 0.829. The van der Waals surface area contributed by atoms with Gasteiger partial charge in [0, 0.05) is 24.6 Å². The summed E-state index contributed by atoms with van der Waals surface area (Å²) in [5, 5.41) is 0. The minimum absolute atomic E-state index is 0.265. The predicted octanol–water partition coefficient (Wildman–Crippen LogP) is 5.49. The van der Waals surface area contributed by atoms with Gasteiger partial charge in [-0.05, 0) is 17.7 Å². The Labute approximate surface area is 191 Å². The van der Waals surface area contributed by atoms with Crippen molar-refractivity contribution in [2.24, 2.45) is 0 Å². The number of ether oxygens (including phenoxy) is 1. The molecular formula is C27H23N3O3. The Morgan fingerprint density at radius 3 is 2.36 bits per heavy atom. The Balaban J connectivity index is 1.71. The van der Waals surface area contributed by atoms with Crippen molar-refractivity contribution in [2.45, 2.75) is 26.2 Å². The lowest BCUT2D eigenvalue weighted by Gasteiger charge is -2.10. The van der Waals surface area contributed by atoms with Crippen molar-refractivity contribution in [3.63, 3.8) is 0 Å². The number of aromatic nitrogens is 3. The summed E-state index contributed by atoms with van der Waals surface area (Å²) in [5.41, 5.74) is 4.99. The van der Waals surface area contributed by atoms with Gasteiger partial charge in [0.25, 0.3) is 0 Å². The summed E-state index contributed by atoms with van der Waals surface area (Å²) in [6, 6.07) is 23.8. The zero-order valence-corrected chi connectivity index (χ0v) is 18.3. The molecule has 0 aliphatic heterocycles. The highest BCUT2D eigenvalue weighted by molar-refractivity contribution is 5.73. The maximum Gasteiger partial charge on any atom is 0.312 e. The van der Waals surface area contributed by atoms with Crippen molar-refractivity contribution in [2.75, 3.05) is 0 Å². The van der Waals surface area contributed by atoms with Crippen molar-refractivity contribution in [3.8, 4) is 17.1 Å². The van der Waals surface area contributed by atoms with Gasteiger partial charge in [-0.15, -0.1) is 0 Å². The van der Waals surface area contributed by atoms with Crippen LogP contribution in [0.15, 0.2) is 89.7 Å². The van der Waals surface area contributed by atoms with Crippen molar-refractivity contribution < 1.29 is 13.9 Å². The van der Waals surface area contributed by atoms with Gasteiger partial charge in [0.1, 0.15) is 11.5 Å². The molecule has 0 radical (unpaired) electrons. The van der Waals surface area contributed by atoms with Gasteiger partial charge < -0.3 is 9.15 Å². The van der Waals surface area contributed by atoms with E-state index in [0.717, 1.165) is 28.3 Å². The van der Waals surface area contributed by atoms with Crippen LogP contribution in [0.25, 0.3) is 16.9 Å². The second-order valence-electron chi connectivity index (χ2n) is 7.74. The van der Waals surface area contributed by atoms with E-state index in [1.807, 2.05) is 71.3 Å². The molecule has 0 spiro atoms. The van der Waals surface area contributed by atoms with E-state index in [2.05, 4.69) is 12.1 Å². The molecule has 0 amide bonds. The first-order valence-corrected chi connectivity index (χ1v) is 10.9. The standard InChI is InChI=1S/C27H23N3O3/c1-2-25(31)33-27-23(17-21-14-9-15-32-21)29-26-22(16-19-10-5-3-6-11-19)28-24(18-30(26)27)20-12-7-4-8-13-20/h3-15,18H,2,16-17H2,1H3. The average Bonchev–Trinajstić information content (AvgIpc) is 3.49. The zero-order chi connectivity index (χ0) is 22.6. The van der Waals surface area contributed by atoms with Crippen LogP contribution in [0, 0.1) is 0 Å². The molecule has 0 saturated carbocycles. The van der Waals surface area contributed by atoms with Crippen LogP contribution in [-0.2, 0) is 17.6 Å². The molecule has 3 aromatic heterocycles. The minimum Gasteiger partial charge on any atom is -0.469 e. The van der Waals surface area contributed by atoms with Gasteiger partial charge in [0.2, 0.25) is 5.88 Å². The lowest BCUT2D eigenvalue weighted by atomic mass is 10.1. The predicted molar refractivity (Wildman–Crippen MR) is 125 cm³/mol. The first-order valence-electron chi connectivity index (χ1n) is 10.9. The molecule has 164 valence electrons. The summed E-state index contributed by atoms with van der Waals surface area (Å²) in [4.78, 5) is 22.1. The largest absolute Gasteiger partial charge is 0.469 e. The van der Waals surface area contributed by atoms with Crippen LogP contribution in [0.3, 0.4) is 0 Å². The van der Waals surface area contributed by atoms with Crippen LogP contribution >= 0.6 is 0 Å². The summed E-state index contributed by atoms with van der Waals surface area (Å²) >= 11 is 0. The van der Waals surface area contributed by atoms with E-state index in [4.69, 9.17) is 19.1 Å². The number of furan rings is 1. The van der Waals surface area contributed by atoms with Crippen molar-refractivity contribution in [3.05, 3.63) is 108 Å². The highest BCUT2D eigenvalue weighted by atomic mass is 16.5. The fourth-order valence-electron chi connectivity index (χ4n) is 3.77. The molecule has 0 N–H and O–H groups in total. The number of carbonyl (C=O) groups excluding carboxylic acids is 1. The topological polar surface area (TPSA) is 69.6 Å². The molecule has 5 rings (SSSR count). The lowest BCUT2D eigenvalue weighted by molar-refractivity contribution is -0.134. The van der Waals surface area contributed by atoms with E-state index in [-0.39, 0.29) is 12.4 Å². The van der Waals surface area contributed by atoms with Crippen LogP contribution in [0.1, 0.15) is 36.1 Å². The van der Waals surface area contributed by atoms with E-state index in [1.54, 1.807) is 13.2 Å². The number of benzene rings is 2. The summed E-state index contributed by atoms with van der Waals surface area (Å²) in [7, 11) is 0. The van der Waals surface area contributed by atoms with Crippen molar-refractivity contribution >= 4 is 11.6 Å². The lowest BCUT2D eigenvalue weighted by Crippen LogP contribution is -2.10. The minimum atomic E-state index is -0.319. The third-order valence-electron chi connectivity index (χ3n) is 5.40. The molecule has 3 heterocycles. The summed E-state index contributed by atoms with van der Waals surface area (Å²) < 4.78 is 13.2.